The summed E-state index contributed by atoms with van der Waals surface area (Å²) in [5, 5.41) is 3.18. The van der Waals surface area contributed by atoms with Gasteiger partial charge in [-0.15, -0.1) is 0 Å². The summed E-state index contributed by atoms with van der Waals surface area (Å²) >= 11 is 0. The number of H-pyrrole nitrogens is 1. The van der Waals surface area contributed by atoms with Gasteiger partial charge in [0.05, 0.1) is 10.8 Å². The highest BCUT2D eigenvalue weighted by Crippen LogP contribution is 2.07. The Kier molecular flexibility index (Phi) is 4.53. The maximum atomic E-state index is 12.5. The van der Waals surface area contributed by atoms with E-state index in [-0.39, 0.29) is 23.6 Å². The minimum absolute atomic E-state index is 0.138. The molecule has 1 fully saturated rings. The Morgan fingerprint density at radius 3 is 2.33 bits per heavy atom. The van der Waals surface area contributed by atoms with Gasteiger partial charge in [0.1, 0.15) is 6.54 Å². The number of fused-ring (bicyclic) bond motifs is 1. The van der Waals surface area contributed by atoms with E-state index < -0.39 is 0 Å². The number of hydrogen-bond acceptors (Lipinski definition) is 4. The van der Waals surface area contributed by atoms with Gasteiger partial charge in [-0.05, 0) is 26.0 Å². The Morgan fingerprint density at radius 1 is 1.08 bits per heavy atom. The molecule has 1 saturated heterocycles. The molecule has 1 N–H and O–H groups in total. The zero-order valence-corrected chi connectivity index (χ0v) is 14.0. The molecule has 1 aliphatic heterocycles. The number of aromatic nitrogens is 2. The minimum Gasteiger partial charge on any atom is -0.339 e. The van der Waals surface area contributed by atoms with E-state index in [1.54, 1.807) is 29.2 Å². The van der Waals surface area contributed by atoms with Crippen molar-refractivity contribution in [2.75, 3.05) is 26.2 Å². The number of hydrogen-bond donors (Lipinski definition) is 1. The third kappa shape index (κ3) is 3.12. The van der Waals surface area contributed by atoms with Gasteiger partial charge >= 0.3 is 0 Å². The number of nitrogens with one attached hydrogen (secondary N) is 1. The van der Waals surface area contributed by atoms with E-state index in [1.807, 2.05) is 0 Å². The molecule has 3 rings (SSSR count). The number of benzene rings is 1. The fourth-order valence-corrected chi connectivity index (χ4v) is 3.08. The van der Waals surface area contributed by atoms with E-state index in [1.165, 1.54) is 0 Å². The van der Waals surface area contributed by atoms with Crippen molar-refractivity contribution in [3.8, 4) is 0 Å². The molecule has 1 aliphatic rings. The molecule has 0 bridgehead atoms. The first-order valence-electron chi connectivity index (χ1n) is 8.21. The molecule has 0 saturated carbocycles. The molecule has 1 aromatic carbocycles. The summed E-state index contributed by atoms with van der Waals surface area (Å²) < 4.78 is 1.11. The monoisotopic (exact) mass is 330 g/mol. The number of rotatable bonds is 3. The largest absolute Gasteiger partial charge is 0.339 e. The predicted molar refractivity (Wildman–Crippen MR) is 92.1 cm³/mol. The summed E-state index contributed by atoms with van der Waals surface area (Å²) in [5.41, 5.74) is -0.706. The van der Waals surface area contributed by atoms with Crippen LogP contribution in [0.15, 0.2) is 33.9 Å². The van der Waals surface area contributed by atoms with Gasteiger partial charge in [-0.2, -0.15) is 0 Å². The molecule has 0 spiro atoms. The van der Waals surface area contributed by atoms with E-state index in [0.29, 0.717) is 29.9 Å². The summed E-state index contributed by atoms with van der Waals surface area (Å²) in [6.45, 7) is 7.07. The second-order valence-corrected chi connectivity index (χ2v) is 6.39. The van der Waals surface area contributed by atoms with Gasteiger partial charge in [-0.1, -0.05) is 12.1 Å². The van der Waals surface area contributed by atoms with Gasteiger partial charge in [0.15, 0.2) is 0 Å². The molecule has 0 unspecified atom stereocenters. The van der Waals surface area contributed by atoms with E-state index in [0.717, 1.165) is 17.8 Å². The van der Waals surface area contributed by atoms with Crippen molar-refractivity contribution in [1.29, 1.82) is 0 Å². The zero-order chi connectivity index (χ0) is 17.3. The molecule has 7 nitrogen and oxygen atoms in total. The van der Waals surface area contributed by atoms with Crippen molar-refractivity contribution in [2.24, 2.45) is 0 Å². The van der Waals surface area contributed by atoms with Crippen LogP contribution >= 0.6 is 0 Å². The third-order valence-electron chi connectivity index (χ3n) is 4.57. The van der Waals surface area contributed by atoms with Crippen LogP contribution in [0.3, 0.4) is 0 Å². The molecule has 0 radical (unpaired) electrons. The highest BCUT2D eigenvalue weighted by molar-refractivity contribution is 5.81. The van der Waals surface area contributed by atoms with Crippen molar-refractivity contribution >= 4 is 16.7 Å². The average molecular weight is 330 g/mol. The fraction of sp³-hybridized carbons (Fsp3) is 0.471. The van der Waals surface area contributed by atoms with Crippen LogP contribution in [-0.2, 0) is 11.3 Å². The van der Waals surface area contributed by atoms with Crippen molar-refractivity contribution in [1.82, 2.24) is 19.6 Å². The molecule has 2 heterocycles. The van der Waals surface area contributed by atoms with Gasteiger partial charge in [-0.25, -0.2) is 4.68 Å². The van der Waals surface area contributed by atoms with Crippen LogP contribution in [0.2, 0.25) is 0 Å². The van der Waals surface area contributed by atoms with Gasteiger partial charge in [0, 0.05) is 32.2 Å². The van der Waals surface area contributed by atoms with Crippen molar-refractivity contribution in [2.45, 2.75) is 26.4 Å². The smallest absolute Gasteiger partial charge is 0.273 e. The Morgan fingerprint density at radius 2 is 1.71 bits per heavy atom. The molecule has 1 aromatic heterocycles. The topological polar surface area (TPSA) is 78.4 Å². The second-order valence-electron chi connectivity index (χ2n) is 6.39. The molecule has 1 amide bonds. The lowest BCUT2D eigenvalue weighted by molar-refractivity contribution is -0.134. The van der Waals surface area contributed by atoms with Gasteiger partial charge in [0.25, 0.3) is 11.1 Å². The molecule has 0 atom stereocenters. The highest BCUT2D eigenvalue weighted by Gasteiger charge is 2.23. The minimum atomic E-state index is -0.359. The molecule has 2 aromatic rings. The summed E-state index contributed by atoms with van der Waals surface area (Å²) in [4.78, 5) is 41.1. The van der Waals surface area contributed by atoms with Crippen LogP contribution < -0.4 is 11.1 Å². The third-order valence-corrected chi connectivity index (χ3v) is 4.57. The summed E-state index contributed by atoms with van der Waals surface area (Å²) in [7, 11) is 0. The van der Waals surface area contributed by atoms with Crippen molar-refractivity contribution < 1.29 is 4.79 Å². The number of piperazine rings is 1. The summed E-state index contributed by atoms with van der Waals surface area (Å²) in [6, 6.07) is 7.09. The Hall–Kier alpha value is -2.41. The van der Waals surface area contributed by atoms with Gasteiger partial charge < -0.3 is 4.90 Å². The van der Waals surface area contributed by atoms with Crippen LogP contribution in [0, 0.1) is 0 Å². The molecular weight excluding hydrogens is 308 g/mol. The maximum Gasteiger partial charge on any atom is 0.273 e. The summed E-state index contributed by atoms with van der Waals surface area (Å²) in [5.74, 6) is -0.147. The molecule has 24 heavy (non-hydrogen) atoms. The SMILES string of the molecule is CC(C)N1CCN(C(=O)Cn2[nH]c(=O)c3ccccc3c2=O)CC1. The van der Waals surface area contributed by atoms with Crippen LogP contribution in [0.5, 0.6) is 0 Å². The number of carbonyl (C=O) groups is 1. The van der Waals surface area contributed by atoms with E-state index in [9.17, 15) is 14.4 Å². The number of nitrogens with zero attached hydrogens (tertiary/aromatic N) is 3. The highest BCUT2D eigenvalue weighted by atomic mass is 16.2. The summed E-state index contributed by atoms with van der Waals surface area (Å²) in [6.07, 6.45) is 0. The number of aromatic amines is 1. The number of amides is 1. The lowest BCUT2D eigenvalue weighted by Gasteiger charge is -2.36. The van der Waals surface area contributed by atoms with E-state index in [2.05, 4.69) is 23.8 Å². The predicted octanol–water partition coefficient (Wildman–Crippen LogP) is 0.242. The first-order chi connectivity index (χ1) is 11.5. The van der Waals surface area contributed by atoms with E-state index in [4.69, 9.17) is 0 Å². The lowest BCUT2D eigenvalue weighted by Crippen LogP contribution is -2.52. The Balaban J connectivity index is 1.78. The fourth-order valence-electron chi connectivity index (χ4n) is 3.08. The molecule has 0 aliphatic carbocycles. The normalized spacial score (nSPS) is 16.0. The van der Waals surface area contributed by atoms with Crippen molar-refractivity contribution in [3.63, 3.8) is 0 Å². The van der Waals surface area contributed by atoms with Crippen LogP contribution in [0.25, 0.3) is 10.8 Å². The second kappa shape index (κ2) is 6.60. The Labute approximate surface area is 139 Å². The number of carbonyl (C=O) groups excluding carboxylic acids is 1. The standard InChI is InChI=1S/C17H22N4O3/c1-12(2)19-7-9-20(10-8-19)15(22)11-21-17(24)14-6-4-3-5-13(14)16(23)18-21/h3-6,12H,7-11H2,1-2H3,(H,18,23). The molecular formula is C17H22N4O3. The van der Waals surface area contributed by atoms with Crippen LogP contribution in [0.4, 0.5) is 0 Å². The van der Waals surface area contributed by atoms with E-state index >= 15 is 0 Å². The maximum absolute atomic E-state index is 12.5. The van der Waals surface area contributed by atoms with Crippen molar-refractivity contribution in [3.05, 3.63) is 45.0 Å². The van der Waals surface area contributed by atoms with Crippen LogP contribution in [-0.4, -0.2) is 57.7 Å². The van der Waals surface area contributed by atoms with Gasteiger partial charge in [0.2, 0.25) is 5.91 Å². The average Bonchev–Trinajstić information content (AvgIpc) is 2.59. The first-order valence-corrected chi connectivity index (χ1v) is 8.21. The Bertz CT molecular complexity index is 860. The van der Waals surface area contributed by atoms with Gasteiger partial charge in [-0.3, -0.25) is 24.4 Å². The molecule has 7 heteroatoms. The van der Waals surface area contributed by atoms with Crippen LogP contribution in [0.1, 0.15) is 13.8 Å². The lowest BCUT2D eigenvalue weighted by atomic mass is 10.2. The first kappa shape index (κ1) is 16.4. The quantitative estimate of drug-likeness (QED) is 0.875. The zero-order valence-electron chi connectivity index (χ0n) is 14.0. The molecule has 128 valence electrons.